The fourth-order valence-electron chi connectivity index (χ4n) is 4.84. The zero-order valence-corrected chi connectivity index (χ0v) is 21.8. The number of ketones is 1. The van der Waals surface area contributed by atoms with E-state index < -0.39 is 17.7 Å². The van der Waals surface area contributed by atoms with Crippen LogP contribution in [-0.2, 0) is 9.59 Å². The summed E-state index contributed by atoms with van der Waals surface area (Å²) >= 11 is 0. The lowest BCUT2D eigenvalue weighted by Crippen LogP contribution is -2.30. The minimum absolute atomic E-state index is 0.00980. The fraction of sp³-hybridized carbons (Fsp3) is 0.267. The molecule has 7 heteroatoms. The highest BCUT2D eigenvalue weighted by Crippen LogP contribution is 2.44. The van der Waals surface area contributed by atoms with Crippen LogP contribution in [0, 0.1) is 6.92 Å². The molecule has 1 aliphatic rings. The summed E-state index contributed by atoms with van der Waals surface area (Å²) in [7, 11) is 3.00. The van der Waals surface area contributed by atoms with Crippen molar-refractivity contribution in [1.29, 1.82) is 0 Å². The number of rotatable bonds is 8. The third-order valence-electron chi connectivity index (χ3n) is 6.85. The lowest BCUT2D eigenvalue weighted by Gasteiger charge is -2.28. The van der Waals surface area contributed by atoms with Crippen LogP contribution < -0.4 is 19.3 Å². The van der Waals surface area contributed by atoms with Gasteiger partial charge in [0.1, 0.15) is 17.3 Å². The van der Waals surface area contributed by atoms with Gasteiger partial charge in [0.05, 0.1) is 31.4 Å². The van der Waals surface area contributed by atoms with Crippen LogP contribution in [0.15, 0.2) is 72.3 Å². The van der Waals surface area contributed by atoms with E-state index in [1.54, 1.807) is 18.2 Å². The summed E-state index contributed by atoms with van der Waals surface area (Å²) in [5, 5.41) is 11.5. The lowest BCUT2D eigenvalue weighted by molar-refractivity contribution is -0.132. The van der Waals surface area contributed by atoms with Gasteiger partial charge in [-0.1, -0.05) is 24.3 Å². The molecule has 3 aromatic carbocycles. The molecular formula is C30H32N2O5. The van der Waals surface area contributed by atoms with E-state index in [0.29, 0.717) is 22.7 Å². The first-order valence-corrected chi connectivity index (χ1v) is 12.3. The first-order chi connectivity index (χ1) is 17.9. The van der Waals surface area contributed by atoms with Gasteiger partial charge in [0.15, 0.2) is 0 Å². The summed E-state index contributed by atoms with van der Waals surface area (Å²) in [5.41, 5.74) is 3.57. The van der Waals surface area contributed by atoms with Crippen LogP contribution in [0.3, 0.4) is 0 Å². The van der Waals surface area contributed by atoms with Crippen LogP contribution in [0.5, 0.6) is 11.5 Å². The Bertz CT molecular complexity index is 1340. The van der Waals surface area contributed by atoms with Gasteiger partial charge >= 0.3 is 0 Å². The second kappa shape index (κ2) is 10.8. The van der Waals surface area contributed by atoms with Gasteiger partial charge in [0, 0.05) is 30.5 Å². The Hall–Kier alpha value is -4.26. The summed E-state index contributed by atoms with van der Waals surface area (Å²) in [6.07, 6.45) is 0. The quantitative estimate of drug-likeness (QED) is 0.251. The Morgan fingerprint density at radius 2 is 1.62 bits per heavy atom. The van der Waals surface area contributed by atoms with Crippen LogP contribution in [0.4, 0.5) is 11.4 Å². The van der Waals surface area contributed by atoms with E-state index in [2.05, 4.69) is 18.7 Å². The van der Waals surface area contributed by atoms with Gasteiger partial charge in [-0.15, -0.1) is 0 Å². The molecule has 37 heavy (non-hydrogen) atoms. The first-order valence-electron chi connectivity index (χ1n) is 12.3. The molecule has 0 spiro atoms. The molecule has 0 aromatic heterocycles. The molecule has 1 N–H and O–H groups in total. The van der Waals surface area contributed by atoms with Crippen LogP contribution in [0.25, 0.3) is 5.76 Å². The van der Waals surface area contributed by atoms with E-state index in [1.807, 2.05) is 55.5 Å². The Labute approximate surface area is 217 Å². The number of benzene rings is 3. The number of anilines is 2. The lowest BCUT2D eigenvalue weighted by atomic mass is 9.92. The van der Waals surface area contributed by atoms with Crippen molar-refractivity contribution in [2.24, 2.45) is 0 Å². The van der Waals surface area contributed by atoms with Gasteiger partial charge in [-0.2, -0.15) is 0 Å². The highest BCUT2D eigenvalue weighted by Gasteiger charge is 2.47. The Morgan fingerprint density at radius 1 is 0.946 bits per heavy atom. The Kier molecular flexibility index (Phi) is 7.53. The number of nitrogens with zero attached hydrogens (tertiary/aromatic N) is 2. The fourth-order valence-corrected chi connectivity index (χ4v) is 4.84. The minimum Gasteiger partial charge on any atom is -0.507 e. The summed E-state index contributed by atoms with van der Waals surface area (Å²) < 4.78 is 10.7. The number of hydrogen-bond acceptors (Lipinski definition) is 6. The number of aliphatic hydroxyl groups excluding tert-OH is 1. The van der Waals surface area contributed by atoms with E-state index in [9.17, 15) is 14.7 Å². The number of ether oxygens (including phenoxy) is 2. The van der Waals surface area contributed by atoms with Crippen molar-refractivity contribution in [3.8, 4) is 11.5 Å². The van der Waals surface area contributed by atoms with Gasteiger partial charge in [-0.3, -0.25) is 14.5 Å². The predicted octanol–water partition coefficient (Wildman–Crippen LogP) is 5.48. The van der Waals surface area contributed by atoms with Gasteiger partial charge in [-0.25, -0.2) is 0 Å². The van der Waals surface area contributed by atoms with E-state index in [1.165, 1.54) is 19.1 Å². The summed E-state index contributed by atoms with van der Waals surface area (Å²) in [6.45, 7) is 7.80. The maximum atomic E-state index is 13.5. The van der Waals surface area contributed by atoms with Gasteiger partial charge in [0.2, 0.25) is 0 Å². The highest BCUT2D eigenvalue weighted by molar-refractivity contribution is 6.51. The third-order valence-corrected chi connectivity index (χ3v) is 6.85. The summed E-state index contributed by atoms with van der Waals surface area (Å²) in [5.74, 6) is -0.879. The zero-order chi connectivity index (χ0) is 26.7. The van der Waals surface area contributed by atoms with Crippen molar-refractivity contribution in [2.45, 2.75) is 26.8 Å². The largest absolute Gasteiger partial charge is 0.507 e. The standard InChI is InChI=1S/C30H32N2O5/c1-6-31(7-2)20-12-14-21(15-13-20)32-27(23-11-9-8-10-19(23)3)26(29(34)30(32)35)28(33)24-17-16-22(36-4)18-25(24)37-5/h8-18,27,33H,6-7H2,1-5H3/b28-26+. The molecular weight excluding hydrogens is 468 g/mol. The van der Waals surface area contributed by atoms with Gasteiger partial charge < -0.3 is 19.5 Å². The van der Waals surface area contributed by atoms with Crippen LogP contribution in [0.2, 0.25) is 0 Å². The molecule has 192 valence electrons. The third kappa shape index (κ3) is 4.65. The molecule has 1 unspecified atom stereocenters. The van der Waals surface area contributed by atoms with Crippen molar-refractivity contribution >= 4 is 28.8 Å². The average molecular weight is 501 g/mol. The zero-order valence-electron chi connectivity index (χ0n) is 21.8. The van der Waals surface area contributed by atoms with E-state index in [0.717, 1.165) is 29.9 Å². The van der Waals surface area contributed by atoms with Crippen LogP contribution in [0.1, 0.15) is 36.6 Å². The van der Waals surface area contributed by atoms with Crippen molar-refractivity contribution in [1.82, 2.24) is 0 Å². The van der Waals surface area contributed by atoms with Gasteiger partial charge in [-0.05, 0) is 68.3 Å². The van der Waals surface area contributed by atoms with E-state index >= 15 is 0 Å². The number of hydrogen-bond donors (Lipinski definition) is 1. The molecule has 1 saturated heterocycles. The highest BCUT2D eigenvalue weighted by atomic mass is 16.5. The second-order valence-corrected chi connectivity index (χ2v) is 8.78. The van der Waals surface area contributed by atoms with E-state index in [-0.39, 0.29) is 11.3 Å². The minimum atomic E-state index is -0.813. The maximum absolute atomic E-state index is 13.5. The molecule has 0 saturated carbocycles. The molecule has 0 bridgehead atoms. The molecule has 1 fully saturated rings. The van der Waals surface area contributed by atoms with Crippen molar-refractivity contribution in [3.63, 3.8) is 0 Å². The molecule has 0 aliphatic carbocycles. The maximum Gasteiger partial charge on any atom is 0.300 e. The van der Waals surface area contributed by atoms with Crippen molar-refractivity contribution in [2.75, 3.05) is 37.1 Å². The molecule has 1 amide bonds. The number of aryl methyl sites for hydroxylation is 1. The molecule has 1 heterocycles. The van der Waals surface area contributed by atoms with Crippen molar-refractivity contribution in [3.05, 3.63) is 89.0 Å². The molecule has 4 rings (SSSR count). The van der Waals surface area contributed by atoms with Crippen LogP contribution in [-0.4, -0.2) is 44.1 Å². The van der Waals surface area contributed by atoms with E-state index in [4.69, 9.17) is 9.47 Å². The molecule has 1 atom stereocenters. The number of carbonyl (C=O) groups excluding carboxylic acids is 2. The number of amides is 1. The topological polar surface area (TPSA) is 79.3 Å². The number of aliphatic hydroxyl groups is 1. The van der Waals surface area contributed by atoms with Gasteiger partial charge in [0.25, 0.3) is 11.7 Å². The number of methoxy groups -OCH3 is 2. The number of carbonyl (C=O) groups is 2. The molecule has 3 aromatic rings. The molecule has 1 aliphatic heterocycles. The Balaban J connectivity index is 1.92. The van der Waals surface area contributed by atoms with Crippen molar-refractivity contribution < 1.29 is 24.2 Å². The normalized spacial score (nSPS) is 16.7. The average Bonchev–Trinajstić information content (AvgIpc) is 3.19. The SMILES string of the molecule is CCN(CC)c1ccc(N2C(=O)C(=O)/C(=C(/O)c3ccc(OC)cc3OC)C2c2ccccc2C)cc1. The first kappa shape index (κ1) is 25.8. The Morgan fingerprint density at radius 3 is 2.22 bits per heavy atom. The second-order valence-electron chi connectivity index (χ2n) is 8.78. The molecule has 0 radical (unpaired) electrons. The summed E-state index contributed by atoms with van der Waals surface area (Å²) in [6, 6.07) is 19.2. The smallest absolute Gasteiger partial charge is 0.300 e. The summed E-state index contributed by atoms with van der Waals surface area (Å²) in [4.78, 5) is 30.7. The van der Waals surface area contributed by atoms with Crippen LogP contribution >= 0.6 is 0 Å². The monoisotopic (exact) mass is 500 g/mol. The molecule has 7 nitrogen and oxygen atoms in total. The predicted molar refractivity (Wildman–Crippen MR) is 146 cm³/mol. The number of Topliss-reactive ketones (excluding diaryl/α,β-unsaturated/α-hetero) is 1.